The van der Waals surface area contributed by atoms with Crippen LogP contribution in [-0.4, -0.2) is 32.0 Å². The summed E-state index contributed by atoms with van der Waals surface area (Å²) in [4.78, 5) is 26.1. The summed E-state index contributed by atoms with van der Waals surface area (Å²) in [7, 11) is 1.61. The minimum Gasteiger partial charge on any atom is -0.493 e. The number of carbonyl (C=O) groups excluding carboxylic acids is 2. The first-order valence-electron chi connectivity index (χ1n) is 9.91. The van der Waals surface area contributed by atoms with Crippen LogP contribution >= 0.6 is 0 Å². The van der Waals surface area contributed by atoms with Crippen LogP contribution < -0.4 is 14.4 Å². The second kappa shape index (κ2) is 9.41. The summed E-state index contributed by atoms with van der Waals surface area (Å²) in [5, 5.41) is 0. The molecule has 0 N–H and O–H groups in total. The Bertz CT molecular complexity index is 900. The summed E-state index contributed by atoms with van der Waals surface area (Å²) in [5.41, 5.74) is 2.29. The van der Waals surface area contributed by atoms with E-state index < -0.39 is 0 Å². The fraction of sp³-hybridized carbons (Fsp3) is 0.333. The van der Waals surface area contributed by atoms with Crippen LogP contribution in [0.15, 0.2) is 48.5 Å². The molecule has 0 saturated carbocycles. The molecule has 2 aromatic rings. The lowest BCUT2D eigenvalue weighted by atomic mass is 10.1. The number of ether oxygens (including phenoxy) is 2. The Labute approximate surface area is 171 Å². The highest BCUT2D eigenvalue weighted by molar-refractivity contribution is 6.07. The van der Waals surface area contributed by atoms with Crippen molar-refractivity contribution in [2.24, 2.45) is 5.92 Å². The van der Waals surface area contributed by atoms with E-state index in [0.29, 0.717) is 36.0 Å². The molecule has 29 heavy (non-hydrogen) atoms. The third kappa shape index (κ3) is 5.25. The van der Waals surface area contributed by atoms with Crippen molar-refractivity contribution in [1.29, 1.82) is 0 Å². The molecule has 0 radical (unpaired) electrons. The third-order valence-electron chi connectivity index (χ3n) is 4.72. The number of nitrogens with zero attached hydrogens (tertiary/aromatic N) is 1. The fourth-order valence-electron chi connectivity index (χ4n) is 3.16. The van der Waals surface area contributed by atoms with E-state index >= 15 is 0 Å². The van der Waals surface area contributed by atoms with Gasteiger partial charge in [0.05, 0.1) is 13.7 Å². The van der Waals surface area contributed by atoms with Gasteiger partial charge in [-0.05, 0) is 60.4 Å². The first kappa shape index (κ1) is 20.6. The standard InChI is InChI=1S/C24H27NO4/c1-17(2)16-29-23-15-18(7-13-22(23)28-3)6-12-21(26)19-8-10-20(11-9-19)25-14-4-5-24(25)27/h6-13,15,17H,4-5,14,16H2,1-3H3/b12-6+. The van der Waals surface area contributed by atoms with Gasteiger partial charge in [0.25, 0.3) is 0 Å². The van der Waals surface area contributed by atoms with Crippen LogP contribution in [0, 0.1) is 5.92 Å². The summed E-state index contributed by atoms with van der Waals surface area (Å²) in [5.74, 6) is 1.78. The molecular formula is C24H27NO4. The Morgan fingerprint density at radius 2 is 1.90 bits per heavy atom. The molecule has 0 unspecified atom stereocenters. The average Bonchev–Trinajstić information content (AvgIpc) is 3.16. The van der Waals surface area contributed by atoms with Crippen LogP contribution in [0.25, 0.3) is 6.08 Å². The fourth-order valence-corrected chi connectivity index (χ4v) is 3.16. The number of methoxy groups -OCH3 is 1. The Morgan fingerprint density at radius 3 is 2.52 bits per heavy atom. The molecule has 0 aliphatic carbocycles. The molecule has 0 atom stereocenters. The number of anilines is 1. The summed E-state index contributed by atoms with van der Waals surface area (Å²) in [6, 6.07) is 12.8. The summed E-state index contributed by atoms with van der Waals surface area (Å²) in [6.07, 6.45) is 4.78. The third-order valence-corrected chi connectivity index (χ3v) is 4.72. The second-order valence-corrected chi connectivity index (χ2v) is 7.51. The highest BCUT2D eigenvalue weighted by Crippen LogP contribution is 2.29. The lowest BCUT2D eigenvalue weighted by Crippen LogP contribution is -2.23. The molecule has 1 amide bonds. The van der Waals surface area contributed by atoms with E-state index in [1.165, 1.54) is 0 Å². The van der Waals surface area contributed by atoms with Gasteiger partial charge in [-0.1, -0.05) is 26.0 Å². The molecule has 1 saturated heterocycles. The molecule has 3 rings (SSSR count). The van der Waals surface area contributed by atoms with E-state index in [4.69, 9.17) is 9.47 Å². The first-order chi connectivity index (χ1) is 14.0. The normalized spacial score (nSPS) is 14.1. The minimum atomic E-state index is -0.0928. The molecule has 1 aliphatic heterocycles. The smallest absolute Gasteiger partial charge is 0.227 e. The van der Waals surface area contributed by atoms with Crippen molar-refractivity contribution in [3.63, 3.8) is 0 Å². The molecule has 1 fully saturated rings. The topological polar surface area (TPSA) is 55.8 Å². The van der Waals surface area contributed by atoms with Gasteiger partial charge < -0.3 is 14.4 Å². The van der Waals surface area contributed by atoms with Crippen LogP contribution in [0.3, 0.4) is 0 Å². The van der Waals surface area contributed by atoms with Crippen molar-refractivity contribution in [3.8, 4) is 11.5 Å². The molecular weight excluding hydrogens is 366 g/mol. The van der Waals surface area contributed by atoms with Crippen molar-refractivity contribution in [2.45, 2.75) is 26.7 Å². The largest absolute Gasteiger partial charge is 0.493 e. The maximum atomic E-state index is 12.5. The average molecular weight is 393 g/mol. The summed E-state index contributed by atoms with van der Waals surface area (Å²) in [6.45, 7) is 5.50. The monoisotopic (exact) mass is 393 g/mol. The molecule has 5 heteroatoms. The summed E-state index contributed by atoms with van der Waals surface area (Å²) < 4.78 is 11.2. The van der Waals surface area contributed by atoms with Crippen LogP contribution in [0.5, 0.6) is 11.5 Å². The zero-order valence-corrected chi connectivity index (χ0v) is 17.2. The molecule has 0 bridgehead atoms. The van der Waals surface area contributed by atoms with E-state index in [1.807, 2.05) is 30.3 Å². The van der Waals surface area contributed by atoms with Gasteiger partial charge in [-0.25, -0.2) is 0 Å². The Morgan fingerprint density at radius 1 is 1.14 bits per heavy atom. The zero-order valence-electron chi connectivity index (χ0n) is 17.2. The van der Waals surface area contributed by atoms with Gasteiger partial charge in [-0.15, -0.1) is 0 Å². The van der Waals surface area contributed by atoms with Gasteiger partial charge in [-0.3, -0.25) is 9.59 Å². The lowest BCUT2D eigenvalue weighted by molar-refractivity contribution is -0.117. The highest BCUT2D eigenvalue weighted by atomic mass is 16.5. The Hall–Kier alpha value is -3.08. The first-order valence-corrected chi connectivity index (χ1v) is 9.91. The number of benzene rings is 2. The van der Waals surface area contributed by atoms with Gasteiger partial charge in [0.1, 0.15) is 0 Å². The van der Waals surface area contributed by atoms with Crippen LogP contribution in [-0.2, 0) is 4.79 Å². The molecule has 2 aromatic carbocycles. The van der Waals surface area contributed by atoms with Gasteiger partial charge in [-0.2, -0.15) is 0 Å². The molecule has 0 spiro atoms. The predicted octanol–water partition coefficient (Wildman–Crippen LogP) is 4.75. The molecule has 5 nitrogen and oxygen atoms in total. The number of rotatable bonds is 8. The van der Waals surface area contributed by atoms with E-state index in [-0.39, 0.29) is 11.7 Å². The van der Waals surface area contributed by atoms with Crippen molar-refractivity contribution in [3.05, 3.63) is 59.7 Å². The number of amides is 1. The van der Waals surface area contributed by atoms with Crippen molar-refractivity contribution < 1.29 is 19.1 Å². The maximum Gasteiger partial charge on any atom is 0.227 e. The predicted molar refractivity (Wildman–Crippen MR) is 115 cm³/mol. The van der Waals surface area contributed by atoms with E-state index in [1.54, 1.807) is 36.3 Å². The van der Waals surface area contributed by atoms with Crippen molar-refractivity contribution >= 4 is 23.5 Å². The lowest BCUT2D eigenvalue weighted by Gasteiger charge is -2.15. The zero-order chi connectivity index (χ0) is 20.8. The number of carbonyl (C=O) groups is 2. The second-order valence-electron chi connectivity index (χ2n) is 7.51. The maximum absolute atomic E-state index is 12.5. The molecule has 0 aromatic heterocycles. The van der Waals surface area contributed by atoms with Gasteiger partial charge in [0.2, 0.25) is 5.91 Å². The van der Waals surface area contributed by atoms with Crippen molar-refractivity contribution in [2.75, 3.05) is 25.2 Å². The number of ketones is 1. The molecule has 1 aliphatic rings. The number of allylic oxidation sites excluding steroid dienone is 1. The van der Waals surface area contributed by atoms with Crippen LogP contribution in [0.1, 0.15) is 42.6 Å². The summed E-state index contributed by atoms with van der Waals surface area (Å²) >= 11 is 0. The van der Waals surface area contributed by atoms with Crippen LogP contribution in [0.2, 0.25) is 0 Å². The van der Waals surface area contributed by atoms with Crippen LogP contribution in [0.4, 0.5) is 5.69 Å². The van der Waals surface area contributed by atoms with E-state index in [0.717, 1.165) is 24.2 Å². The molecule has 152 valence electrons. The van der Waals surface area contributed by atoms with E-state index in [9.17, 15) is 9.59 Å². The number of hydrogen-bond donors (Lipinski definition) is 0. The van der Waals surface area contributed by atoms with Gasteiger partial charge in [0, 0.05) is 24.2 Å². The van der Waals surface area contributed by atoms with Gasteiger partial charge >= 0.3 is 0 Å². The minimum absolute atomic E-state index is 0.0928. The van der Waals surface area contributed by atoms with Crippen molar-refractivity contribution in [1.82, 2.24) is 0 Å². The Kier molecular flexibility index (Phi) is 6.70. The van der Waals surface area contributed by atoms with E-state index in [2.05, 4.69) is 13.8 Å². The number of hydrogen-bond acceptors (Lipinski definition) is 4. The Balaban J connectivity index is 1.69. The quantitative estimate of drug-likeness (QED) is 0.480. The SMILES string of the molecule is COc1ccc(/C=C/C(=O)c2ccc(N3CCCC3=O)cc2)cc1OCC(C)C. The van der Waals surface area contributed by atoms with Gasteiger partial charge in [0.15, 0.2) is 17.3 Å². The molecule has 1 heterocycles. The highest BCUT2D eigenvalue weighted by Gasteiger charge is 2.21.